The fourth-order valence-electron chi connectivity index (χ4n) is 3.11. The Bertz CT molecular complexity index is 1120. The zero-order chi connectivity index (χ0) is 22.8. The first-order valence-corrected chi connectivity index (χ1v) is 9.43. The molecule has 1 N–H and O–H groups in total. The topological polar surface area (TPSA) is 103 Å². The number of rotatable bonds is 7. The minimum Gasteiger partial charge on any atom is -0.349 e. The number of halogens is 3. The van der Waals surface area contributed by atoms with Crippen molar-refractivity contribution in [3.05, 3.63) is 58.5 Å². The molecule has 31 heavy (non-hydrogen) atoms. The van der Waals surface area contributed by atoms with Gasteiger partial charge in [0, 0.05) is 13.0 Å². The smallest absolute Gasteiger partial charge is 0.349 e. The van der Waals surface area contributed by atoms with E-state index in [1.807, 2.05) is 0 Å². The Balaban J connectivity index is 1.70. The molecule has 0 bridgehead atoms. The highest BCUT2D eigenvalue weighted by Gasteiger charge is 2.31. The van der Waals surface area contributed by atoms with E-state index in [0.29, 0.717) is 24.6 Å². The van der Waals surface area contributed by atoms with Crippen LogP contribution in [0.25, 0.3) is 5.69 Å². The molecule has 0 atom stereocenters. The summed E-state index contributed by atoms with van der Waals surface area (Å²) in [5, 5.41) is 10.4. The lowest BCUT2D eigenvalue weighted by Gasteiger charge is -2.10. The lowest BCUT2D eigenvalue weighted by Crippen LogP contribution is -2.32. The average Bonchev–Trinajstić information content (AvgIpc) is 3.26. The van der Waals surface area contributed by atoms with E-state index in [1.165, 1.54) is 30.7 Å². The molecule has 2 aromatic heterocycles. The number of carbonyl (C=O) groups is 2. The summed E-state index contributed by atoms with van der Waals surface area (Å²) in [5.41, 5.74) is -0.110. The highest BCUT2D eigenvalue weighted by molar-refractivity contribution is 6.43. The summed E-state index contributed by atoms with van der Waals surface area (Å²) in [6, 6.07) is 4.59. The molecule has 0 aliphatic rings. The molecule has 0 saturated heterocycles. The SMILES string of the molecule is Cc1noc(CCCNC(=O)C(=O)c2c(C)nn(-c3cccc(C(F)(F)F)c3)c2C)n1. The standard InChI is InChI=1S/C20H20F3N5O3/c1-11-17(18(29)19(30)24-9-5-8-16-25-13(3)27-31-16)12(2)28(26-11)15-7-4-6-14(10-15)20(21,22)23/h4,6-7,10H,5,8-9H2,1-3H3,(H,24,30). The first-order chi connectivity index (χ1) is 14.6. The van der Waals surface area contributed by atoms with Crippen LogP contribution < -0.4 is 5.32 Å². The van der Waals surface area contributed by atoms with Crippen molar-refractivity contribution in [1.29, 1.82) is 0 Å². The Morgan fingerprint density at radius 1 is 1.19 bits per heavy atom. The molecule has 11 heteroatoms. The van der Waals surface area contributed by atoms with Gasteiger partial charge < -0.3 is 9.84 Å². The third-order valence-electron chi connectivity index (χ3n) is 4.57. The van der Waals surface area contributed by atoms with Gasteiger partial charge in [0.1, 0.15) is 0 Å². The second-order valence-electron chi connectivity index (χ2n) is 6.93. The van der Waals surface area contributed by atoms with Crippen LogP contribution in [-0.4, -0.2) is 38.2 Å². The molecule has 1 amide bonds. The van der Waals surface area contributed by atoms with E-state index < -0.39 is 23.4 Å². The molecule has 164 valence electrons. The second kappa shape index (κ2) is 8.70. The minimum absolute atomic E-state index is 0.0578. The van der Waals surface area contributed by atoms with Crippen molar-refractivity contribution in [3.63, 3.8) is 0 Å². The predicted octanol–water partition coefficient (Wildman–Crippen LogP) is 3.13. The molecule has 0 aliphatic heterocycles. The zero-order valence-corrected chi connectivity index (χ0v) is 17.1. The van der Waals surface area contributed by atoms with Crippen molar-refractivity contribution in [1.82, 2.24) is 25.2 Å². The Labute approximate surface area is 175 Å². The van der Waals surface area contributed by atoms with Gasteiger partial charge in [-0.2, -0.15) is 23.3 Å². The zero-order valence-electron chi connectivity index (χ0n) is 17.1. The third kappa shape index (κ3) is 4.98. The lowest BCUT2D eigenvalue weighted by molar-refractivity contribution is -0.137. The molecule has 2 heterocycles. The molecule has 0 unspecified atom stereocenters. The number of benzene rings is 1. The first kappa shape index (κ1) is 22.2. The minimum atomic E-state index is -4.51. The molecular weight excluding hydrogens is 415 g/mol. The van der Waals surface area contributed by atoms with Crippen LogP contribution in [0.1, 0.15) is 45.4 Å². The number of carbonyl (C=O) groups excluding carboxylic acids is 2. The molecule has 3 rings (SSSR count). The number of ketones is 1. The van der Waals surface area contributed by atoms with Crippen molar-refractivity contribution in [3.8, 4) is 5.69 Å². The largest absolute Gasteiger partial charge is 0.416 e. The normalized spacial score (nSPS) is 11.5. The van der Waals surface area contributed by atoms with Crippen LogP contribution in [0, 0.1) is 20.8 Å². The van der Waals surface area contributed by atoms with Gasteiger partial charge in [-0.1, -0.05) is 11.2 Å². The number of nitrogens with zero attached hydrogens (tertiary/aromatic N) is 4. The molecule has 3 aromatic rings. The van der Waals surface area contributed by atoms with E-state index >= 15 is 0 Å². The van der Waals surface area contributed by atoms with E-state index in [1.54, 1.807) is 6.92 Å². The molecular formula is C20H20F3N5O3. The van der Waals surface area contributed by atoms with Gasteiger partial charge in [-0.25, -0.2) is 4.68 Å². The number of nitrogens with one attached hydrogen (secondary N) is 1. The fourth-order valence-corrected chi connectivity index (χ4v) is 3.11. The van der Waals surface area contributed by atoms with E-state index in [2.05, 4.69) is 20.6 Å². The number of hydrogen-bond acceptors (Lipinski definition) is 6. The summed E-state index contributed by atoms with van der Waals surface area (Å²) in [5.74, 6) is -0.677. The summed E-state index contributed by atoms with van der Waals surface area (Å²) in [4.78, 5) is 29.0. The Morgan fingerprint density at radius 2 is 1.94 bits per heavy atom. The lowest BCUT2D eigenvalue weighted by atomic mass is 10.1. The quantitative estimate of drug-likeness (QED) is 0.348. The van der Waals surface area contributed by atoms with Crippen LogP contribution in [0.3, 0.4) is 0 Å². The summed E-state index contributed by atoms with van der Waals surface area (Å²) < 4.78 is 45.2. The molecule has 0 spiro atoms. The van der Waals surface area contributed by atoms with E-state index in [-0.39, 0.29) is 29.2 Å². The summed E-state index contributed by atoms with van der Waals surface area (Å²) in [7, 11) is 0. The molecule has 0 saturated carbocycles. The van der Waals surface area contributed by atoms with Gasteiger partial charge in [0.15, 0.2) is 5.82 Å². The summed E-state index contributed by atoms with van der Waals surface area (Å²) in [6.07, 6.45) is -3.58. The number of Topliss-reactive ketones (excluding diaryl/α,β-unsaturated/α-hetero) is 1. The van der Waals surface area contributed by atoms with Crippen LogP contribution in [0.15, 0.2) is 28.8 Å². The average molecular weight is 435 g/mol. The van der Waals surface area contributed by atoms with Crippen LogP contribution in [0.5, 0.6) is 0 Å². The number of hydrogen-bond donors (Lipinski definition) is 1. The molecule has 1 aromatic carbocycles. The van der Waals surface area contributed by atoms with Gasteiger partial charge in [-0.15, -0.1) is 0 Å². The van der Waals surface area contributed by atoms with Crippen LogP contribution in [-0.2, 0) is 17.4 Å². The van der Waals surface area contributed by atoms with Crippen LogP contribution in [0.4, 0.5) is 13.2 Å². The van der Waals surface area contributed by atoms with Crippen molar-refractivity contribution >= 4 is 11.7 Å². The maximum Gasteiger partial charge on any atom is 0.416 e. The number of alkyl halides is 3. The predicted molar refractivity (Wildman–Crippen MR) is 103 cm³/mol. The number of amides is 1. The van der Waals surface area contributed by atoms with E-state index in [0.717, 1.165) is 12.1 Å². The maximum absolute atomic E-state index is 13.0. The van der Waals surface area contributed by atoms with Crippen molar-refractivity contribution in [2.75, 3.05) is 6.54 Å². The van der Waals surface area contributed by atoms with Crippen molar-refractivity contribution in [2.24, 2.45) is 0 Å². The Hall–Kier alpha value is -3.50. The van der Waals surface area contributed by atoms with Gasteiger partial charge in [-0.3, -0.25) is 9.59 Å². The first-order valence-electron chi connectivity index (χ1n) is 9.43. The summed E-state index contributed by atoms with van der Waals surface area (Å²) in [6.45, 7) is 4.96. The Morgan fingerprint density at radius 3 is 2.58 bits per heavy atom. The highest BCUT2D eigenvalue weighted by Crippen LogP contribution is 2.30. The molecule has 0 radical (unpaired) electrons. The molecule has 0 aliphatic carbocycles. The second-order valence-corrected chi connectivity index (χ2v) is 6.93. The third-order valence-corrected chi connectivity index (χ3v) is 4.57. The van der Waals surface area contributed by atoms with Gasteiger partial charge in [0.05, 0.1) is 28.2 Å². The van der Waals surface area contributed by atoms with Crippen LogP contribution >= 0.6 is 0 Å². The maximum atomic E-state index is 13.0. The van der Waals surface area contributed by atoms with E-state index in [9.17, 15) is 22.8 Å². The van der Waals surface area contributed by atoms with Crippen molar-refractivity contribution < 1.29 is 27.3 Å². The van der Waals surface area contributed by atoms with Gasteiger partial charge in [0.2, 0.25) is 5.89 Å². The van der Waals surface area contributed by atoms with Crippen LogP contribution in [0.2, 0.25) is 0 Å². The number of aromatic nitrogens is 4. The van der Waals surface area contributed by atoms with E-state index in [4.69, 9.17) is 4.52 Å². The summed E-state index contributed by atoms with van der Waals surface area (Å²) >= 11 is 0. The number of aryl methyl sites for hydroxylation is 3. The molecule has 0 fully saturated rings. The fraction of sp³-hybridized carbons (Fsp3) is 0.350. The van der Waals surface area contributed by atoms with Crippen molar-refractivity contribution in [2.45, 2.75) is 39.8 Å². The van der Waals surface area contributed by atoms with Gasteiger partial charge in [0.25, 0.3) is 11.7 Å². The van der Waals surface area contributed by atoms with Gasteiger partial charge in [-0.05, 0) is 45.4 Å². The van der Waals surface area contributed by atoms with Gasteiger partial charge >= 0.3 is 6.18 Å². The monoisotopic (exact) mass is 435 g/mol. The molecule has 8 nitrogen and oxygen atoms in total. The highest BCUT2D eigenvalue weighted by atomic mass is 19.4. The Kier molecular flexibility index (Phi) is 6.23.